The lowest BCUT2D eigenvalue weighted by Gasteiger charge is -2.16. The Balaban J connectivity index is 3.09. The first kappa shape index (κ1) is 14.1. The maximum Gasteiger partial charge on any atom is 0.125 e. The Kier molecular flexibility index (Phi) is 5.57. The SMILES string of the molecule is C/C=C\CCc1cc(Cl)cc(C(C)C)c1OC. The van der Waals surface area contributed by atoms with Gasteiger partial charge in [0.25, 0.3) is 0 Å². The van der Waals surface area contributed by atoms with Gasteiger partial charge in [0.15, 0.2) is 0 Å². The summed E-state index contributed by atoms with van der Waals surface area (Å²) >= 11 is 6.16. The van der Waals surface area contributed by atoms with E-state index in [1.54, 1.807) is 7.11 Å². The fourth-order valence-corrected chi connectivity index (χ4v) is 2.19. The second-order valence-corrected chi connectivity index (χ2v) is 4.89. The zero-order valence-corrected chi connectivity index (χ0v) is 11.8. The molecule has 17 heavy (non-hydrogen) atoms. The predicted octanol–water partition coefficient (Wildman–Crippen LogP) is 4.98. The number of benzene rings is 1. The van der Waals surface area contributed by atoms with Crippen molar-refractivity contribution in [2.45, 2.75) is 39.5 Å². The molecule has 1 rings (SSSR count). The van der Waals surface area contributed by atoms with E-state index >= 15 is 0 Å². The maximum absolute atomic E-state index is 6.16. The summed E-state index contributed by atoms with van der Waals surface area (Å²) in [5, 5.41) is 0.796. The summed E-state index contributed by atoms with van der Waals surface area (Å²) < 4.78 is 5.54. The van der Waals surface area contributed by atoms with E-state index in [0.717, 1.165) is 23.6 Å². The Morgan fingerprint density at radius 3 is 2.59 bits per heavy atom. The molecule has 0 fully saturated rings. The van der Waals surface area contributed by atoms with Gasteiger partial charge in [-0.1, -0.05) is 37.6 Å². The van der Waals surface area contributed by atoms with Gasteiger partial charge in [-0.25, -0.2) is 0 Å². The zero-order chi connectivity index (χ0) is 12.8. The average molecular weight is 253 g/mol. The van der Waals surface area contributed by atoms with Crippen LogP contribution in [0.4, 0.5) is 0 Å². The molecule has 0 saturated carbocycles. The summed E-state index contributed by atoms with van der Waals surface area (Å²) in [5.74, 6) is 1.41. The molecule has 0 spiro atoms. The van der Waals surface area contributed by atoms with E-state index in [2.05, 4.69) is 26.0 Å². The number of methoxy groups -OCH3 is 1. The average Bonchev–Trinajstić information content (AvgIpc) is 2.28. The highest BCUT2D eigenvalue weighted by atomic mass is 35.5. The van der Waals surface area contributed by atoms with Crippen LogP contribution >= 0.6 is 11.6 Å². The van der Waals surface area contributed by atoms with E-state index in [0.29, 0.717) is 5.92 Å². The van der Waals surface area contributed by atoms with Crippen LogP contribution in [0.2, 0.25) is 5.02 Å². The zero-order valence-electron chi connectivity index (χ0n) is 11.1. The van der Waals surface area contributed by atoms with E-state index < -0.39 is 0 Å². The molecule has 1 aromatic carbocycles. The van der Waals surface area contributed by atoms with Crippen molar-refractivity contribution in [2.24, 2.45) is 0 Å². The Bertz CT molecular complexity index is 394. The lowest BCUT2D eigenvalue weighted by molar-refractivity contribution is 0.402. The van der Waals surface area contributed by atoms with Gasteiger partial charge >= 0.3 is 0 Å². The molecule has 0 unspecified atom stereocenters. The molecule has 1 nitrogen and oxygen atoms in total. The van der Waals surface area contributed by atoms with Crippen LogP contribution in [0, 0.1) is 0 Å². The van der Waals surface area contributed by atoms with Crippen molar-refractivity contribution in [3.63, 3.8) is 0 Å². The predicted molar refractivity (Wildman–Crippen MR) is 75.2 cm³/mol. The second kappa shape index (κ2) is 6.70. The van der Waals surface area contributed by atoms with Gasteiger partial charge in [-0.2, -0.15) is 0 Å². The van der Waals surface area contributed by atoms with E-state index in [4.69, 9.17) is 16.3 Å². The summed E-state index contributed by atoms with van der Waals surface area (Å²) in [4.78, 5) is 0. The highest BCUT2D eigenvalue weighted by Crippen LogP contribution is 2.34. The number of aryl methyl sites for hydroxylation is 1. The molecule has 0 bridgehead atoms. The normalized spacial score (nSPS) is 11.4. The van der Waals surface area contributed by atoms with E-state index in [9.17, 15) is 0 Å². The molecule has 0 aliphatic heterocycles. The lowest BCUT2D eigenvalue weighted by atomic mass is 9.97. The Hall–Kier alpha value is -0.950. The molecular weight excluding hydrogens is 232 g/mol. The maximum atomic E-state index is 6.16. The standard InChI is InChI=1S/C15H21ClO/c1-5-6-7-8-12-9-13(16)10-14(11(2)3)15(12)17-4/h5-6,9-11H,7-8H2,1-4H3/b6-5-. The first-order chi connectivity index (χ1) is 8.10. The molecule has 0 aromatic heterocycles. The van der Waals surface area contributed by atoms with Crippen LogP contribution in [0.5, 0.6) is 5.75 Å². The molecule has 94 valence electrons. The van der Waals surface area contributed by atoms with Gasteiger partial charge in [0, 0.05) is 5.02 Å². The molecule has 2 heteroatoms. The molecule has 0 aliphatic rings. The van der Waals surface area contributed by atoms with Crippen LogP contribution in [0.25, 0.3) is 0 Å². The Morgan fingerprint density at radius 2 is 2.06 bits per heavy atom. The van der Waals surface area contributed by atoms with E-state index in [1.807, 2.05) is 19.1 Å². The van der Waals surface area contributed by atoms with Gasteiger partial charge in [0.1, 0.15) is 5.75 Å². The number of ether oxygens (including phenoxy) is 1. The summed E-state index contributed by atoms with van der Waals surface area (Å²) in [6.45, 7) is 6.35. The summed E-state index contributed by atoms with van der Waals surface area (Å²) in [6.07, 6.45) is 6.22. The topological polar surface area (TPSA) is 9.23 Å². The van der Waals surface area contributed by atoms with Gasteiger partial charge in [-0.15, -0.1) is 0 Å². The minimum Gasteiger partial charge on any atom is -0.496 e. The van der Waals surface area contributed by atoms with Gasteiger partial charge < -0.3 is 4.74 Å². The molecule has 0 heterocycles. The van der Waals surface area contributed by atoms with Gasteiger partial charge in [-0.3, -0.25) is 0 Å². The number of halogens is 1. The fourth-order valence-electron chi connectivity index (χ4n) is 1.94. The largest absolute Gasteiger partial charge is 0.496 e. The van der Waals surface area contributed by atoms with Crippen molar-refractivity contribution >= 4 is 11.6 Å². The number of hydrogen-bond acceptors (Lipinski definition) is 1. The molecule has 1 aromatic rings. The highest BCUT2D eigenvalue weighted by Gasteiger charge is 2.13. The van der Waals surface area contributed by atoms with Crippen LogP contribution in [0.15, 0.2) is 24.3 Å². The van der Waals surface area contributed by atoms with Crippen molar-refractivity contribution in [3.05, 3.63) is 40.4 Å². The monoisotopic (exact) mass is 252 g/mol. The molecule has 0 N–H and O–H groups in total. The Labute approximate surface area is 109 Å². The second-order valence-electron chi connectivity index (χ2n) is 4.45. The first-order valence-electron chi connectivity index (χ1n) is 6.07. The third-order valence-corrected chi connectivity index (χ3v) is 3.02. The van der Waals surface area contributed by atoms with Crippen LogP contribution in [-0.2, 0) is 6.42 Å². The van der Waals surface area contributed by atoms with Crippen LogP contribution in [-0.4, -0.2) is 7.11 Å². The smallest absolute Gasteiger partial charge is 0.125 e. The van der Waals surface area contributed by atoms with Gasteiger partial charge in [-0.05, 0) is 48.9 Å². The van der Waals surface area contributed by atoms with Crippen molar-refractivity contribution < 1.29 is 4.74 Å². The van der Waals surface area contributed by atoms with Crippen molar-refractivity contribution in [2.75, 3.05) is 7.11 Å². The first-order valence-corrected chi connectivity index (χ1v) is 6.45. The fraction of sp³-hybridized carbons (Fsp3) is 0.467. The highest BCUT2D eigenvalue weighted by molar-refractivity contribution is 6.30. The van der Waals surface area contributed by atoms with Gasteiger partial charge in [0.05, 0.1) is 7.11 Å². The quantitative estimate of drug-likeness (QED) is 0.672. The third-order valence-electron chi connectivity index (χ3n) is 2.80. The lowest BCUT2D eigenvalue weighted by Crippen LogP contribution is -1.99. The molecule has 0 saturated heterocycles. The molecule has 0 atom stereocenters. The number of rotatable bonds is 5. The molecule has 0 amide bonds. The van der Waals surface area contributed by atoms with E-state index in [-0.39, 0.29) is 0 Å². The minimum atomic E-state index is 0.420. The van der Waals surface area contributed by atoms with Crippen molar-refractivity contribution in [1.82, 2.24) is 0 Å². The number of allylic oxidation sites excluding steroid dienone is 2. The van der Waals surface area contributed by atoms with Crippen molar-refractivity contribution in [3.8, 4) is 5.75 Å². The third kappa shape index (κ3) is 3.78. The van der Waals surface area contributed by atoms with Crippen LogP contribution in [0.1, 0.15) is 44.2 Å². The van der Waals surface area contributed by atoms with Gasteiger partial charge in [0.2, 0.25) is 0 Å². The van der Waals surface area contributed by atoms with Crippen molar-refractivity contribution in [1.29, 1.82) is 0 Å². The number of hydrogen-bond donors (Lipinski definition) is 0. The summed E-state index contributed by atoms with van der Waals surface area (Å²) in [7, 11) is 1.73. The molecule has 0 aliphatic carbocycles. The summed E-state index contributed by atoms with van der Waals surface area (Å²) in [6, 6.07) is 4.01. The summed E-state index contributed by atoms with van der Waals surface area (Å²) in [5.41, 5.74) is 2.39. The van der Waals surface area contributed by atoms with Crippen LogP contribution < -0.4 is 4.74 Å². The minimum absolute atomic E-state index is 0.420. The van der Waals surface area contributed by atoms with E-state index in [1.165, 1.54) is 11.1 Å². The molecular formula is C15H21ClO. The Morgan fingerprint density at radius 1 is 1.35 bits per heavy atom. The van der Waals surface area contributed by atoms with Crippen LogP contribution in [0.3, 0.4) is 0 Å². The molecule has 0 radical (unpaired) electrons.